The average Bonchev–Trinajstić information content (AvgIpc) is 3.27. The number of fused-ring (bicyclic) bond motifs is 1. The first-order valence-electron chi connectivity index (χ1n) is 12.7. The van der Waals surface area contributed by atoms with Crippen molar-refractivity contribution in [2.24, 2.45) is 5.73 Å². The number of nitrogens with one attached hydrogen (secondary N) is 1. The highest BCUT2D eigenvalue weighted by Gasteiger charge is 2.51. The Hall–Kier alpha value is -4.37. The molecule has 0 radical (unpaired) electrons. The maximum absolute atomic E-state index is 13.3. The van der Waals surface area contributed by atoms with Gasteiger partial charge in [0.25, 0.3) is 5.91 Å². The summed E-state index contributed by atoms with van der Waals surface area (Å²) in [7, 11) is 0. The van der Waals surface area contributed by atoms with Crippen molar-refractivity contribution in [1.82, 2.24) is 9.80 Å². The zero-order valence-electron chi connectivity index (χ0n) is 21.8. The molecule has 3 aliphatic rings. The second-order valence-electron chi connectivity index (χ2n) is 9.92. The number of likely N-dealkylation sites (tertiary alicyclic amines) is 1. The molecular weight excluding hydrogens is 579 g/mol. The molecule has 3 aliphatic heterocycles. The summed E-state index contributed by atoms with van der Waals surface area (Å²) in [6.07, 6.45) is 0.279. The molecule has 0 unspecified atom stereocenters. The van der Waals surface area contributed by atoms with E-state index in [0.717, 1.165) is 17.7 Å². The summed E-state index contributed by atoms with van der Waals surface area (Å²) >= 11 is 1.35. The zero-order valence-corrected chi connectivity index (χ0v) is 22.6. The summed E-state index contributed by atoms with van der Waals surface area (Å²) < 4.78 is 41.2. The fraction of sp³-hybridized carbons (Fsp3) is 0.296. The Morgan fingerprint density at radius 1 is 1.19 bits per heavy atom. The lowest BCUT2D eigenvalue weighted by Gasteiger charge is -2.47. The van der Waals surface area contributed by atoms with Gasteiger partial charge in [-0.15, -0.1) is 11.8 Å². The summed E-state index contributed by atoms with van der Waals surface area (Å²) in [5.41, 5.74) is 5.53. The van der Waals surface area contributed by atoms with Gasteiger partial charge in [-0.2, -0.15) is 17.7 Å². The third-order valence-corrected chi connectivity index (χ3v) is 8.37. The molecule has 0 saturated carbocycles. The molecule has 11 nitrogen and oxygen atoms in total. The van der Waals surface area contributed by atoms with E-state index in [1.807, 2.05) is 0 Å². The van der Waals surface area contributed by atoms with Crippen molar-refractivity contribution in [1.29, 1.82) is 0 Å². The van der Waals surface area contributed by atoms with E-state index in [-0.39, 0.29) is 24.7 Å². The van der Waals surface area contributed by atoms with Crippen LogP contribution in [-0.2, 0) is 38.4 Å². The second-order valence-corrected chi connectivity index (χ2v) is 11.0. The molecule has 3 amide bonds. The molecule has 5 rings (SSSR count). The third-order valence-electron chi connectivity index (χ3n) is 7.05. The van der Waals surface area contributed by atoms with E-state index in [1.165, 1.54) is 21.2 Å². The second kappa shape index (κ2) is 11.1. The number of alkyl halides is 3. The predicted octanol–water partition coefficient (Wildman–Crippen LogP) is 1.58. The number of aromatic hydroxyl groups is 1. The van der Waals surface area contributed by atoms with Crippen molar-refractivity contribution in [2.45, 2.75) is 37.1 Å². The van der Waals surface area contributed by atoms with Gasteiger partial charge in [0, 0.05) is 36.5 Å². The van der Waals surface area contributed by atoms with Crippen molar-refractivity contribution in [3.8, 4) is 5.75 Å². The number of benzene rings is 1. The standard InChI is InChI=1S/C27H24F3N5O6S/c28-27(29,30)18-10-17(36)1-2-19(18)32-20(37)12-33-6-3-14(4-7-33)11-34-8-5-15(23(34)38)9-16-13-42-25-21(31)24(39)35(25)22(16)26(40)41/h1-4,6-7,9-10,21,25H,5,8,11-13,31H2,(H2-,32,36,37,40,41)/p+1/t21-,25-/m1/s1. The lowest BCUT2D eigenvalue weighted by molar-refractivity contribution is -0.684. The van der Waals surface area contributed by atoms with Crippen molar-refractivity contribution >= 4 is 41.1 Å². The van der Waals surface area contributed by atoms with Gasteiger partial charge in [-0.1, -0.05) is 0 Å². The molecule has 1 aromatic heterocycles. The zero-order chi connectivity index (χ0) is 30.3. The predicted molar refractivity (Wildman–Crippen MR) is 142 cm³/mol. The Balaban J connectivity index is 1.22. The number of carbonyl (C=O) groups excluding carboxylic acids is 3. The van der Waals surface area contributed by atoms with Crippen LogP contribution < -0.4 is 15.6 Å². The van der Waals surface area contributed by atoms with E-state index >= 15 is 0 Å². The fourth-order valence-electron chi connectivity index (χ4n) is 4.96. The SMILES string of the molecule is N[C@@H]1C(=O)N2C(C(=O)O)=C(C=C3CCN(Cc4cc[n+](CC(=O)Nc5ccc(O)cc5C(F)(F)F)cc4)C3=O)CS[C@H]12. The number of thioether (sulfide) groups is 1. The highest BCUT2D eigenvalue weighted by molar-refractivity contribution is 8.00. The molecule has 5 N–H and O–H groups in total. The molecule has 42 heavy (non-hydrogen) atoms. The molecule has 1 aromatic carbocycles. The highest BCUT2D eigenvalue weighted by Crippen LogP contribution is 2.40. The lowest BCUT2D eigenvalue weighted by atomic mass is 10.0. The van der Waals surface area contributed by atoms with Crippen LogP contribution in [0.2, 0.25) is 0 Å². The van der Waals surface area contributed by atoms with E-state index in [2.05, 4.69) is 5.32 Å². The molecule has 2 saturated heterocycles. The van der Waals surface area contributed by atoms with Crippen LogP contribution in [0.5, 0.6) is 5.75 Å². The number of phenols is 1. The summed E-state index contributed by atoms with van der Waals surface area (Å²) in [6.45, 7) is 0.361. The minimum atomic E-state index is -4.77. The number of carboxylic acid groups (broad SMARTS) is 1. The van der Waals surface area contributed by atoms with E-state index < -0.39 is 52.4 Å². The Labute approximate surface area is 241 Å². The number of amides is 3. The number of rotatable bonds is 7. The van der Waals surface area contributed by atoms with E-state index in [9.17, 15) is 42.6 Å². The number of aliphatic carboxylic acids is 1. The number of phenolic OH excluding ortho intramolecular Hbond substituents is 1. The minimum Gasteiger partial charge on any atom is -0.508 e. The Morgan fingerprint density at radius 2 is 1.90 bits per heavy atom. The van der Waals surface area contributed by atoms with Crippen LogP contribution in [0.15, 0.2) is 65.6 Å². The third kappa shape index (κ3) is 5.69. The number of pyridine rings is 1. The van der Waals surface area contributed by atoms with Crippen LogP contribution in [-0.4, -0.2) is 67.4 Å². The summed E-state index contributed by atoms with van der Waals surface area (Å²) in [4.78, 5) is 52.3. The fourth-order valence-corrected chi connectivity index (χ4v) is 6.22. The lowest BCUT2D eigenvalue weighted by Crippen LogP contribution is -2.68. The van der Waals surface area contributed by atoms with Crippen molar-refractivity contribution in [2.75, 3.05) is 17.6 Å². The molecule has 0 aliphatic carbocycles. The van der Waals surface area contributed by atoms with Gasteiger partial charge in [0.15, 0.2) is 12.4 Å². The molecule has 2 atom stereocenters. The molecule has 0 bridgehead atoms. The van der Waals surface area contributed by atoms with Gasteiger partial charge in [-0.25, -0.2) is 4.79 Å². The number of nitrogens with two attached hydrogens (primary N) is 1. The molecule has 220 valence electrons. The number of hydrogen-bond acceptors (Lipinski definition) is 7. The number of carbonyl (C=O) groups is 4. The number of allylic oxidation sites excluding steroid dienone is 1. The van der Waals surface area contributed by atoms with Crippen LogP contribution in [0.25, 0.3) is 0 Å². The van der Waals surface area contributed by atoms with Gasteiger partial charge < -0.3 is 26.2 Å². The first-order valence-corrected chi connectivity index (χ1v) is 13.7. The summed E-state index contributed by atoms with van der Waals surface area (Å²) in [5, 5.41) is 20.9. The van der Waals surface area contributed by atoms with E-state index in [0.29, 0.717) is 35.9 Å². The minimum absolute atomic E-state index is 0.152. The van der Waals surface area contributed by atoms with Crippen LogP contribution in [0.3, 0.4) is 0 Å². The number of anilines is 1. The van der Waals surface area contributed by atoms with E-state index in [4.69, 9.17) is 5.73 Å². The monoisotopic (exact) mass is 604 g/mol. The molecule has 2 fully saturated rings. The normalized spacial score (nSPS) is 21.5. The van der Waals surface area contributed by atoms with Crippen molar-refractivity contribution in [3.63, 3.8) is 0 Å². The van der Waals surface area contributed by atoms with Gasteiger partial charge in [0.05, 0.1) is 11.3 Å². The van der Waals surface area contributed by atoms with Crippen LogP contribution >= 0.6 is 11.8 Å². The van der Waals surface area contributed by atoms with Gasteiger partial charge in [0.2, 0.25) is 18.4 Å². The Kier molecular flexibility index (Phi) is 7.72. The smallest absolute Gasteiger partial charge is 0.418 e. The molecule has 2 aromatic rings. The number of hydrogen-bond donors (Lipinski definition) is 4. The Bertz CT molecular complexity index is 1540. The van der Waals surface area contributed by atoms with Gasteiger partial charge in [0.1, 0.15) is 22.9 Å². The summed E-state index contributed by atoms with van der Waals surface area (Å²) in [6, 6.07) is 5.15. The quantitative estimate of drug-likeness (QED) is 0.161. The molecular formula is C27H25F3N5O6S+. The topological polar surface area (TPSA) is 157 Å². The number of β-lactam (4-membered cyclic amide) rings is 1. The first-order chi connectivity index (χ1) is 19.8. The molecule has 4 heterocycles. The van der Waals surface area contributed by atoms with Crippen molar-refractivity contribution in [3.05, 3.63) is 76.8 Å². The largest absolute Gasteiger partial charge is 0.508 e. The van der Waals surface area contributed by atoms with Crippen LogP contribution in [0, 0.1) is 0 Å². The molecule has 0 spiro atoms. The maximum Gasteiger partial charge on any atom is 0.418 e. The van der Waals surface area contributed by atoms with E-state index in [1.54, 1.807) is 35.5 Å². The number of aromatic nitrogens is 1. The summed E-state index contributed by atoms with van der Waals surface area (Å²) in [5.74, 6) is -2.98. The van der Waals surface area contributed by atoms with Gasteiger partial charge in [-0.3, -0.25) is 19.3 Å². The highest BCUT2D eigenvalue weighted by atomic mass is 32.2. The van der Waals surface area contributed by atoms with Crippen LogP contribution in [0.1, 0.15) is 17.5 Å². The van der Waals surface area contributed by atoms with Crippen LogP contribution in [0.4, 0.5) is 18.9 Å². The first kappa shape index (κ1) is 29.1. The van der Waals surface area contributed by atoms with Gasteiger partial charge in [-0.05, 0) is 41.8 Å². The number of halogens is 3. The number of nitrogens with zero attached hydrogens (tertiary/aromatic N) is 3. The average molecular weight is 605 g/mol. The van der Waals surface area contributed by atoms with Crippen molar-refractivity contribution < 1.29 is 47.1 Å². The Morgan fingerprint density at radius 3 is 2.57 bits per heavy atom. The van der Waals surface area contributed by atoms with Gasteiger partial charge >= 0.3 is 12.1 Å². The molecule has 15 heteroatoms. The number of carboxylic acids is 1. The maximum atomic E-state index is 13.3.